The van der Waals surface area contributed by atoms with Gasteiger partial charge < -0.3 is 4.74 Å². The van der Waals surface area contributed by atoms with Gasteiger partial charge >= 0.3 is 0 Å². The molecule has 2 aromatic carbocycles. The normalized spacial score (nSPS) is 14.3. The summed E-state index contributed by atoms with van der Waals surface area (Å²) in [7, 11) is -7.15. The maximum Gasteiger partial charge on any atom is 0.240 e. The van der Waals surface area contributed by atoms with E-state index in [1.807, 2.05) is 13.8 Å². The predicted molar refractivity (Wildman–Crippen MR) is 113 cm³/mol. The molecular formula is C20H28N2O5S2. The molecule has 2 atom stereocenters. The Balaban J connectivity index is 2.09. The molecule has 29 heavy (non-hydrogen) atoms. The third-order valence-electron chi connectivity index (χ3n) is 4.44. The summed E-state index contributed by atoms with van der Waals surface area (Å²) in [6, 6.07) is 11.8. The van der Waals surface area contributed by atoms with Gasteiger partial charge in [0, 0.05) is 12.1 Å². The van der Waals surface area contributed by atoms with Crippen LogP contribution >= 0.6 is 0 Å². The summed E-state index contributed by atoms with van der Waals surface area (Å²) < 4.78 is 60.0. The van der Waals surface area contributed by atoms with Gasteiger partial charge in [-0.1, -0.05) is 13.8 Å². The fraction of sp³-hybridized carbons (Fsp3) is 0.400. The zero-order valence-corrected chi connectivity index (χ0v) is 18.7. The molecule has 0 saturated carbocycles. The maximum absolute atomic E-state index is 12.3. The molecule has 9 heteroatoms. The van der Waals surface area contributed by atoms with Gasteiger partial charge in [0.15, 0.2) is 0 Å². The minimum absolute atomic E-state index is 0.152. The topological polar surface area (TPSA) is 102 Å². The van der Waals surface area contributed by atoms with E-state index in [4.69, 9.17) is 4.74 Å². The van der Waals surface area contributed by atoms with Crippen LogP contribution in [0.1, 0.15) is 40.5 Å². The van der Waals surface area contributed by atoms with Crippen molar-refractivity contribution >= 4 is 20.0 Å². The molecule has 0 aliphatic rings. The van der Waals surface area contributed by atoms with Gasteiger partial charge in [0.25, 0.3) is 0 Å². The number of rotatable bonds is 10. The zero-order chi connectivity index (χ0) is 21.7. The molecule has 0 aliphatic heterocycles. The van der Waals surface area contributed by atoms with E-state index in [-0.39, 0.29) is 21.9 Å². The van der Waals surface area contributed by atoms with Crippen LogP contribution in [0.5, 0.6) is 11.5 Å². The van der Waals surface area contributed by atoms with E-state index in [1.54, 1.807) is 38.1 Å². The molecule has 0 spiro atoms. The maximum atomic E-state index is 12.3. The summed E-state index contributed by atoms with van der Waals surface area (Å²) in [4.78, 5) is 0.311. The molecule has 2 N–H and O–H groups in total. The molecule has 7 nitrogen and oxygen atoms in total. The number of benzene rings is 2. The van der Waals surface area contributed by atoms with Crippen LogP contribution < -0.4 is 14.2 Å². The van der Waals surface area contributed by atoms with Crippen LogP contribution in [0.3, 0.4) is 0 Å². The van der Waals surface area contributed by atoms with Crippen LogP contribution in [0.25, 0.3) is 0 Å². The quantitative estimate of drug-likeness (QED) is 0.587. The van der Waals surface area contributed by atoms with E-state index < -0.39 is 20.0 Å². The van der Waals surface area contributed by atoms with Gasteiger partial charge in [-0.2, -0.15) is 0 Å². The van der Waals surface area contributed by atoms with E-state index in [0.717, 1.165) is 0 Å². The van der Waals surface area contributed by atoms with Crippen molar-refractivity contribution in [2.75, 3.05) is 0 Å². The molecule has 0 unspecified atom stereocenters. The lowest BCUT2D eigenvalue weighted by molar-refractivity contribution is 0.481. The Labute approximate surface area is 173 Å². The van der Waals surface area contributed by atoms with Gasteiger partial charge in [0.2, 0.25) is 20.0 Å². The van der Waals surface area contributed by atoms with E-state index >= 15 is 0 Å². The highest BCUT2D eigenvalue weighted by Gasteiger charge is 2.18. The summed E-state index contributed by atoms with van der Waals surface area (Å²) in [6.45, 7) is 7.41. The van der Waals surface area contributed by atoms with Crippen molar-refractivity contribution in [3.8, 4) is 11.5 Å². The van der Waals surface area contributed by atoms with Crippen LogP contribution in [-0.2, 0) is 20.0 Å². The molecule has 0 heterocycles. The van der Waals surface area contributed by atoms with E-state index in [1.165, 1.54) is 24.3 Å². The van der Waals surface area contributed by atoms with Crippen LogP contribution in [0, 0.1) is 0 Å². The molecule has 0 aliphatic carbocycles. The van der Waals surface area contributed by atoms with Gasteiger partial charge in [-0.15, -0.1) is 0 Å². The Hall–Kier alpha value is -1.94. The van der Waals surface area contributed by atoms with Gasteiger partial charge in [0.1, 0.15) is 11.5 Å². The van der Waals surface area contributed by atoms with Crippen molar-refractivity contribution in [2.24, 2.45) is 0 Å². The van der Waals surface area contributed by atoms with Gasteiger partial charge in [-0.25, -0.2) is 26.3 Å². The smallest absolute Gasteiger partial charge is 0.240 e. The Morgan fingerprint density at radius 2 is 1.00 bits per heavy atom. The first kappa shape index (κ1) is 23.3. The molecule has 2 rings (SSSR count). The number of ether oxygens (including phenoxy) is 1. The number of hydrogen-bond acceptors (Lipinski definition) is 5. The van der Waals surface area contributed by atoms with Crippen LogP contribution in [0.2, 0.25) is 0 Å². The zero-order valence-electron chi connectivity index (χ0n) is 17.0. The van der Waals surface area contributed by atoms with Gasteiger partial charge in [-0.05, 0) is 75.2 Å². The third kappa shape index (κ3) is 6.53. The summed E-state index contributed by atoms with van der Waals surface area (Å²) in [5.41, 5.74) is 0. The minimum atomic E-state index is -3.57. The molecular weight excluding hydrogens is 412 g/mol. The highest BCUT2D eigenvalue weighted by Crippen LogP contribution is 2.24. The first-order valence-corrected chi connectivity index (χ1v) is 12.5. The lowest BCUT2D eigenvalue weighted by Gasteiger charge is -2.13. The van der Waals surface area contributed by atoms with Crippen LogP contribution in [0.4, 0.5) is 0 Å². The minimum Gasteiger partial charge on any atom is -0.457 e. The summed E-state index contributed by atoms with van der Waals surface area (Å²) >= 11 is 0. The monoisotopic (exact) mass is 440 g/mol. The molecule has 160 valence electrons. The third-order valence-corrected chi connectivity index (χ3v) is 7.65. The average Bonchev–Trinajstić information content (AvgIpc) is 2.68. The number of sulfonamides is 2. The molecule has 0 saturated heterocycles. The summed E-state index contributed by atoms with van der Waals surface area (Å²) in [6.07, 6.45) is 1.39. The van der Waals surface area contributed by atoms with E-state index in [9.17, 15) is 16.8 Å². The second-order valence-electron chi connectivity index (χ2n) is 6.91. The number of nitrogens with one attached hydrogen (secondary N) is 2. The lowest BCUT2D eigenvalue weighted by atomic mass is 10.3. The second-order valence-corrected chi connectivity index (χ2v) is 10.3. The lowest BCUT2D eigenvalue weighted by Crippen LogP contribution is -2.31. The molecule has 0 bridgehead atoms. The van der Waals surface area contributed by atoms with Crippen LogP contribution in [0.15, 0.2) is 58.3 Å². The van der Waals surface area contributed by atoms with Crippen molar-refractivity contribution in [2.45, 2.75) is 62.4 Å². The Morgan fingerprint density at radius 3 is 1.28 bits per heavy atom. The summed E-state index contributed by atoms with van der Waals surface area (Å²) in [5, 5.41) is 0. The standard InChI is InChI=1S/C20H28N2O5S2/c1-5-15(3)21-28(23,24)19-11-7-17(8-12-19)27-18-9-13-20(14-10-18)29(25,26)22-16(4)6-2/h7-16,21-22H,5-6H2,1-4H3/t15-,16-/m0/s1. The Morgan fingerprint density at radius 1 is 0.690 bits per heavy atom. The Kier molecular flexibility index (Phi) is 7.81. The molecule has 0 aromatic heterocycles. The SMILES string of the molecule is CC[C@H](C)NS(=O)(=O)c1ccc(Oc2ccc(S(=O)(=O)N[C@@H](C)CC)cc2)cc1. The predicted octanol–water partition coefficient (Wildman–Crippen LogP) is 3.63. The fourth-order valence-corrected chi connectivity index (χ4v) is 5.00. The van der Waals surface area contributed by atoms with Crippen LogP contribution in [-0.4, -0.2) is 28.9 Å². The van der Waals surface area contributed by atoms with Crippen molar-refractivity contribution in [1.82, 2.24) is 9.44 Å². The average molecular weight is 441 g/mol. The number of hydrogen-bond donors (Lipinski definition) is 2. The highest BCUT2D eigenvalue weighted by molar-refractivity contribution is 7.89. The van der Waals surface area contributed by atoms with Crippen molar-refractivity contribution < 1.29 is 21.6 Å². The summed E-state index contributed by atoms with van der Waals surface area (Å²) in [5.74, 6) is 0.890. The largest absolute Gasteiger partial charge is 0.457 e. The van der Waals surface area contributed by atoms with Crippen molar-refractivity contribution in [3.63, 3.8) is 0 Å². The van der Waals surface area contributed by atoms with E-state index in [0.29, 0.717) is 24.3 Å². The molecule has 0 radical (unpaired) electrons. The van der Waals surface area contributed by atoms with Crippen molar-refractivity contribution in [3.05, 3.63) is 48.5 Å². The van der Waals surface area contributed by atoms with Gasteiger partial charge in [0.05, 0.1) is 9.79 Å². The molecule has 0 amide bonds. The fourth-order valence-electron chi connectivity index (χ4n) is 2.34. The Bertz CT molecular complexity index is 918. The van der Waals surface area contributed by atoms with Crippen molar-refractivity contribution in [1.29, 1.82) is 0 Å². The second kappa shape index (κ2) is 9.71. The molecule has 2 aromatic rings. The first-order valence-electron chi connectivity index (χ1n) is 9.50. The highest BCUT2D eigenvalue weighted by atomic mass is 32.2. The molecule has 0 fully saturated rings. The van der Waals surface area contributed by atoms with E-state index in [2.05, 4.69) is 9.44 Å². The van der Waals surface area contributed by atoms with Gasteiger partial charge in [-0.3, -0.25) is 0 Å². The first-order chi connectivity index (χ1) is 13.6.